The predicted octanol–water partition coefficient (Wildman–Crippen LogP) is 2.66. The first kappa shape index (κ1) is 21.4. The molecule has 1 saturated heterocycles. The fraction of sp³-hybridized carbons (Fsp3) is 0.348. The van der Waals surface area contributed by atoms with Crippen molar-refractivity contribution < 1.29 is 23.9 Å². The van der Waals surface area contributed by atoms with Gasteiger partial charge < -0.3 is 19.7 Å². The van der Waals surface area contributed by atoms with Gasteiger partial charge >= 0.3 is 5.97 Å². The first-order chi connectivity index (χ1) is 14.5. The average molecular weight is 410 g/mol. The molecule has 0 spiro atoms. The molecule has 1 unspecified atom stereocenters. The summed E-state index contributed by atoms with van der Waals surface area (Å²) in [5.74, 6) is -0.595. The molecule has 2 amide bonds. The topological polar surface area (TPSA) is 84.9 Å². The van der Waals surface area contributed by atoms with Crippen LogP contribution in [0.3, 0.4) is 0 Å². The standard InChI is InChI=1S/C23H26N2O5/c1-2-29-22(27)16-30-20-10-6-9-19(14-20)24-23(28)18-13-21(26)25(15-18)12-11-17-7-4-3-5-8-17/h3-10,14,18H,2,11-13,15-16H2,1H3,(H,24,28). The molecular formula is C23H26N2O5. The van der Waals surface area contributed by atoms with Gasteiger partial charge in [0, 0.05) is 31.3 Å². The van der Waals surface area contributed by atoms with Crippen molar-refractivity contribution >= 4 is 23.5 Å². The number of benzene rings is 2. The number of amides is 2. The number of anilines is 1. The van der Waals surface area contributed by atoms with Crippen molar-refractivity contribution in [2.75, 3.05) is 31.6 Å². The van der Waals surface area contributed by atoms with Gasteiger partial charge in [-0.2, -0.15) is 0 Å². The molecule has 3 rings (SSSR count). The summed E-state index contributed by atoms with van der Waals surface area (Å²) in [6, 6.07) is 16.8. The lowest BCUT2D eigenvalue weighted by molar-refractivity contribution is -0.145. The smallest absolute Gasteiger partial charge is 0.344 e. The van der Waals surface area contributed by atoms with Gasteiger partial charge in [-0.3, -0.25) is 9.59 Å². The molecular weight excluding hydrogens is 384 g/mol. The van der Waals surface area contributed by atoms with Crippen LogP contribution in [0.4, 0.5) is 5.69 Å². The van der Waals surface area contributed by atoms with Crippen molar-refractivity contribution in [1.82, 2.24) is 4.90 Å². The number of carbonyl (C=O) groups excluding carboxylic acids is 3. The van der Waals surface area contributed by atoms with E-state index in [0.717, 1.165) is 12.0 Å². The molecule has 158 valence electrons. The molecule has 7 nitrogen and oxygen atoms in total. The molecule has 1 fully saturated rings. The van der Waals surface area contributed by atoms with Crippen LogP contribution in [0, 0.1) is 5.92 Å². The van der Waals surface area contributed by atoms with E-state index in [1.54, 1.807) is 36.1 Å². The van der Waals surface area contributed by atoms with Crippen molar-refractivity contribution in [3.8, 4) is 5.75 Å². The van der Waals surface area contributed by atoms with Gasteiger partial charge in [-0.25, -0.2) is 4.79 Å². The number of ether oxygens (including phenoxy) is 2. The van der Waals surface area contributed by atoms with Crippen molar-refractivity contribution in [1.29, 1.82) is 0 Å². The zero-order valence-electron chi connectivity index (χ0n) is 17.0. The number of carbonyl (C=O) groups is 3. The first-order valence-electron chi connectivity index (χ1n) is 10.1. The van der Waals surface area contributed by atoms with E-state index >= 15 is 0 Å². The highest BCUT2D eigenvalue weighted by Gasteiger charge is 2.34. The van der Waals surface area contributed by atoms with E-state index in [1.165, 1.54) is 0 Å². The molecule has 7 heteroatoms. The molecule has 0 aromatic heterocycles. The third kappa shape index (κ3) is 6.07. The summed E-state index contributed by atoms with van der Waals surface area (Å²) in [6.45, 7) is 2.84. The van der Waals surface area contributed by atoms with Gasteiger partial charge in [0.1, 0.15) is 5.75 Å². The fourth-order valence-corrected chi connectivity index (χ4v) is 3.33. The van der Waals surface area contributed by atoms with Crippen molar-refractivity contribution in [2.45, 2.75) is 19.8 Å². The Morgan fingerprint density at radius 3 is 2.70 bits per heavy atom. The molecule has 1 aliphatic rings. The Morgan fingerprint density at radius 1 is 1.13 bits per heavy atom. The van der Waals surface area contributed by atoms with Gasteiger partial charge in [-0.1, -0.05) is 36.4 Å². The van der Waals surface area contributed by atoms with Crippen molar-refractivity contribution in [3.63, 3.8) is 0 Å². The Bertz CT molecular complexity index is 884. The Morgan fingerprint density at radius 2 is 1.93 bits per heavy atom. The summed E-state index contributed by atoms with van der Waals surface area (Å²) in [4.78, 5) is 38.1. The molecule has 0 saturated carbocycles. The summed E-state index contributed by atoms with van der Waals surface area (Å²) < 4.78 is 10.2. The monoisotopic (exact) mass is 410 g/mol. The number of likely N-dealkylation sites (tertiary alicyclic amines) is 1. The third-order valence-electron chi connectivity index (χ3n) is 4.86. The molecule has 1 atom stereocenters. The van der Waals surface area contributed by atoms with Crippen LogP contribution in [0.25, 0.3) is 0 Å². The third-order valence-corrected chi connectivity index (χ3v) is 4.86. The lowest BCUT2D eigenvalue weighted by Crippen LogP contribution is -2.30. The molecule has 1 aliphatic heterocycles. The van der Waals surface area contributed by atoms with Crippen molar-refractivity contribution in [2.24, 2.45) is 5.92 Å². The lowest BCUT2D eigenvalue weighted by atomic mass is 10.1. The van der Waals surface area contributed by atoms with Gasteiger partial charge in [0.2, 0.25) is 11.8 Å². The summed E-state index contributed by atoms with van der Waals surface area (Å²) in [7, 11) is 0. The zero-order chi connectivity index (χ0) is 21.3. The maximum absolute atomic E-state index is 12.6. The Labute approximate surface area is 176 Å². The molecule has 1 N–H and O–H groups in total. The molecule has 0 radical (unpaired) electrons. The normalized spacial score (nSPS) is 15.7. The summed E-state index contributed by atoms with van der Waals surface area (Å²) in [5.41, 5.74) is 1.72. The maximum atomic E-state index is 12.6. The van der Waals surface area contributed by atoms with E-state index in [2.05, 4.69) is 5.32 Å². The minimum Gasteiger partial charge on any atom is -0.482 e. The van der Waals surface area contributed by atoms with Gasteiger partial charge in [0.05, 0.1) is 12.5 Å². The lowest BCUT2D eigenvalue weighted by Gasteiger charge is -2.16. The highest BCUT2D eigenvalue weighted by molar-refractivity contribution is 5.97. The number of rotatable bonds is 9. The minimum atomic E-state index is -0.452. The second-order valence-corrected chi connectivity index (χ2v) is 7.09. The molecule has 2 aromatic carbocycles. The molecule has 2 aromatic rings. The first-order valence-corrected chi connectivity index (χ1v) is 10.1. The number of hydrogen-bond acceptors (Lipinski definition) is 5. The highest BCUT2D eigenvalue weighted by Crippen LogP contribution is 2.22. The van der Waals surface area contributed by atoms with Crippen LogP contribution in [0.2, 0.25) is 0 Å². The van der Waals surface area contributed by atoms with E-state index in [4.69, 9.17) is 9.47 Å². The van der Waals surface area contributed by atoms with Crippen LogP contribution in [0.15, 0.2) is 54.6 Å². The van der Waals surface area contributed by atoms with Crippen LogP contribution in [0.1, 0.15) is 18.9 Å². The molecule has 0 bridgehead atoms. The van der Waals surface area contributed by atoms with Gasteiger partial charge in [-0.15, -0.1) is 0 Å². The number of esters is 1. The van der Waals surface area contributed by atoms with E-state index in [9.17, 15) is 14.4 Å². The van der Waals surface area contributed by atoms with Crippen LogP contribution in [-0.4, -0.2) is 49.0 Å². The largest absolute Gasteiger partial charge is 0.482 e. The Kier molecular flexibility index (Phi) is 7.43. The van der Waals surface area contributed by atoms with Gasteiger partial charge in [0.25, 0.3) is 0 Å². The van der Waals surface area contributed by atoms with Gasteiger partial charge in [0.15, 0.2) is 6.61 Å². The SMILES string of the molecule is CCOC(=O)COc1cccc(NC(=O)C2CC(=O)N(CCc3ccccc3)C2)c1. The Balaban J connectivity index is 1.50. The van der Waals surface area contributed by atoms with Gasteiger partial charge in [-0.05, 0) is 31.0 Å². The minimum absolute atomic E-state index is 0.00222. The van der Waals surface area contributed by atoms with E-state index in [1.807, 2.05) is 30.3 Å². The fourth-order valence-electron chi connectivity index (χ4n) is 3.33. The van der Waals surface area contributed by atoms with Crippen LogP contribution in [-0.2, 0) is 25.5 Å². The highest BCUT2D eigenvalue weighted by atomic mass is 16.6. The average Bonchev–Trinajstić information content (AvgIpc) is 3.13. The van der Waals surface area contributed by atoms with Crippen molar-refractivity contribution in [3.05, 3.63) is 60.2 Å². The van der Waals surface area contributed by atoms with E-state index in [-0.39, 0.29) is 24.8 Å². The molecule has 0 aliphatic carbocycles. The maximum Gasteiger partial charge on any atom is 0.344 e. The molecule has 1 heterocycles. The predicted molar refractivity (Wildman–Crippen MR) is 112 cm³/mol. The number of nitrogens with one attached hydrogen (secondary N) is 1. The Hall–Kier alpha value is -3.35. The summed E-state index contributed by atoms with van der Waals surface area (Å²) in [6.07, 6.45) is 0.973. The second-order valence-electron chi connectivity index (χ2n) is 7.09. The van der Waals surface area contributed by atoms with Crippen LogP contribution >= 0.6 is 0 Å². The van der Waals surface area contributed by atoms with Crippen LogP contribution < -0.4 is 10.1 Å². The summed E-state index contributed by atoms with van der Waals surface area (Å²) in [5, 5.41) is 2.84. The zero-order valence-corrected chi connectivity index (χ0v) is 17.0. The van der Waals surface area contributed by atoms with Crippen LogP contribution in [0.5, 0.6) is 5.75 Å². The van der Waals surface area contributed by atoms with E-state index in [0.29, 0.717) is 31.1 Å². The quantitative estimate of drug-likeness (QED) is 0.643. The van der Waals surface area contributed by atoms with E-state index < -0.39 is 11.9 Å². The molecule has 30 heavy (non-hydrogen) atoms. The number of nitrogens with zero attached hydrogens (tertiary/aromatic N) is 1. The second kappa shape index (κ2) is 10.4. The summed E-state index contributed by atoms with van der Waals surface area (Å²) >= 11 is 0. The number of hydrogen-bond donors (Lipinski definition) is 1.